The van der Waals surface area contributed by atoms with Gasteiger partial charge in [-0.1, -0.05) is 13.8 Å². The molecular weight excluding hydrogens is 240 g/mol. The van der Waals surface area contributed by atoms with Gasteiger partial charge in [0, 0.05) is 46.4 Å². The minimum atomic E-state index is 0.606. The number of rotatable bonds is 13. The fraction of sp³-hybridized carbons (Fsp3) is 1.00. The summed E-state index contributed by atoms with van der Waals surface area (Å²) >= 11 is 0. The third-order valence-corrected chi connectivity index (χ3v) is 3.32. The van der Waals surface area contributed by atoms with Crippen LogP contribution in [0.2, 0.25) is 0 Å². The standard InChI is InChI=1S/C15H34N2O2/c1-14(2)6-7-15(3)16-8-9-17(10-12-18-4)11-13-19-5/h14-16H,6-13H2,1-5H3. The van der Waals surface area contributed by atoms with Gasteiger partial charge < -0.3 is 14.8 Å². The van der Waals surface area contributed by atoms with E-state index in [-0.39, 0.29) is 0 Å². The lowest BCUT2D eigenvalue weighted by atomic mass is 10.0. The molecule has 0 amide bonds. The van der Waals surface area contributed by atoms with Crippen LogP contribution in [0.5, 0.6) is 0 Å². The van der Waals surface area contributed by atoms with Gasteiger partial charge in [-0.3, -0.25) is 4.90 Å². The Bertz CT molecular complexity index is 181. The van der Waals surface area contributed by atoms with Gasteiger partial charge in [0.15, 0.2) is 0 Å². The molecule has 0 saturated carbocycles. The monoisotopic (exact) mass is 274 g/mol. The predicted molar refractivity (Wildman–Crippen MR) is 81.7 cm³/mol. The van der Waals surface area contributed by atoms with Gasteiger partial charge in [-0.25, -0.2) is 0 Å². The molecule has 0 radical (unpaired) electrons. The van der Waals surface area contributed by atoms with Gasteiger partial charge in [-0.15, -0.1) is 0 Å². The molecule has 0 aromatic rings. The van der Waals surface area contributed by atoms with E-state index >= 15 is 0 Å². The van der Waals surface area contributed by atoms with Crippen molar-refractivity contribution in [3.8, 4) is 0 Å². The summed E-state index contributed by atoms with van der Waals surface area (Å²) in [7, 11) is 3.50. The van der Waals surface area contributed by atoms with E-state index in [1.54, 1.807) is 14.2 Å². The molecule has 0 aromatic carbocycles. The maximum atomic E-state index is 5.14. The third-order valence-electron chi connectivity index (χ3n) is 3.32. The highest BCUT2D eigenvalue weighted by atomic mass is 16.5. The molecule has 1 unspecified atom stereocenters. The number of hydrogen-bond acceptors (Lipinski definition) is 4. The first-order valence-electron chi connectivity index (χ1n) is 7.53. The van der Waals surface area contributed by atoms with E-state index in [0.717, 1.165) is 45.3 Å². The summed E-state index contributed by atoms with van der Waals surface area (Å²) in [5, 5.41) is 3.60. The molecule has 0 aromatic heterocycles. The molecule has 0 rings (SSSR count). The quantitative estimate of drug-likeness (QED) is 0.557. The SMILES string of the molecule is COCCN(CCNC(C)CCC(C)C)CCOC. The van der Waals surface area contributed by atoms with Crippen LogP contribution in [0.1, 0.15) is 33.6 Å². The maximum Gasteiger partial charge on any atom is 0.0589 e. The molecule has 1 atom stereocenters. The molecule has 116 valence electrons. The summed E-state index contributed by atoms with van der Waals surface area (Å²) in [5.74, 6) is 0.796. The van der Waals surface area contributed by atoms with Crippen LogP contribution >= 0.6 is 0 Å². The van der Waals surface area contributed by atoms with Crippen molar-refractivity contribution in [2.45, 2.75) is 39.7 Å². The van der Waals surface area contributed by atoms with Crippen LogP contribution in [0, 0.1) is 5.92 Å². The summed E-state index contributed by atoms with van der Waals surface area (Å²) in [6, 6.07) is 0.606. The van der Waals surface area contributed by atoms with Gasteiger partial charge in [0.1, 0.15) is 0 Å². The molecule has 1 N–H and O–H groups in total. The van der Waals surface area contributed by atoms with E-state index in [9.17, 15) is 0 Å². The van der Waals surface area contributed by atoms with Gasteiger partial charge in [-0.2, -0.15) is 0 Å². The van der Waals surface area contributed by atoms with E-state index in [1.165, 1.54) is 12.8 Å². The number of methoxy groups -OCH3 is 2. The van der Waals surface area contributed by atoms with Crippen LogP contribution in [0.4, 0.5) is 0 Å². The van der Waals surface area contributed by atoms with Gasteiger partial charge in [-0.05, 0) is 25.7 Å². The first-order valence-corrected chi connectivity index (χ1v) is 7.53. The average molecular weight is 274 g/mol. The lowest BCUT2D eigenvalue weighted by Gasteiger charge is -2.23. The highest BCUT2D eigenvalue weighted by Gasteiger charge is 2.06. The summed E-state index contributed by atoms with van der Waals surface area (Å²) in [6.45, 7) is 12.4. The smallest absolute Gasteiger partial charge is 0.0589 e. The Morgan fingerprint density at radius 3 is 1.95 bits per heavy atom. The van der Waals surface area contributed by atoms with Crippen molar-refractivity contribution in [1.82, 2.24) is 10.2 Å². The Morgan fingerprint density at radius 2 is 1.47 bits per heavy atom. The first kappa shape index (κ1) is 18.8. The maximum absolute atomic E-state index is 5.14. The molecule has 0 fully saturated rings. The largest absolute Gasteiger partial charge is 0.383 e. The van der Waals surface area contributed by atoms with Crippen molar-refractivity contribution in [3.63, 3.8) is 0 Å². The molecule has 4 nitrogen and oxygen atoms in total. The topological polar surface area (TPSA) is 33.7 Å². The first-order chi connectivity index (χ1) is 9.10. The van der Waals surface area contributed by atoms with Gasteiger partial charge in [0.25, 0.3) is 0 Å². The van der Waals surface area contributed by atoms with Gasteiger partial charge in [0.2, 0.25) is 0 Å². The van der Waals surface area contributed by atoms with E-state index in [4.69, 9.17) is 9.47 Å². The van der Waals surface area contributed by atoms with E-state index in [2.05, 4.69) is 31.0 Å². The number of nitrogens with zero attached hydrogens (tertiary/aromatic N) is 1. The number of hydrogen-bond donors (Lipinski definition) is 1. The van der Waals surface area contributed by atoms with Crippen LogP contribution in [-0.4, -0.2) is 64.6 Å². The molecule has 19 heavy (non-hydrogen) atoms. The fourth-order valence-corrected chi connectivity index (χ4v) is 1.93. The lowest BCUT2D eigenvalue weighted by Crippen LogP contribution is -2.39. The second-order valence-corrected chi connectivity index (χ2v) is 5.65. The Kier molecular flexibility index (Phi) is 12.7. The van der Waals surface area contributed by atoms with Crippen molar-refractivity contribution in [3.05, 3.63) is 0 Å². The zero-order valence-electron chi connectivity index (χ0n) is 13.6. The second kappa shape index (κ2) is 12.9. The number of ether oxygens (including phenoxy) is 2. The van der Waals surface area contributed by atoms with Crippen molar-refractivity contribution in [1.29, 1.82) is 0 Å². The summed E-state index contributed by atoms with van der Waals surface area (Å²) in [6.07, 6.45) is 2.55. The molecule has 0 saturated heterocycles. The van der Waals surface area contributed by atoms with Crippen LogP contribution in [0.3, 0.4) is 0 Å². The molecular formula is C15H34N2O2. The highest BCUT2D eigenvalue weighted by molar-refractivity contribution is 4.65. The van der Waals surface area contributed by atoms with Crippen molar-refractivity contribution >= 4 is 0 Å². The Labute approximate surface area is 119 Å². The molecule has 0 heterocycles. The third kappa shape index (κ3) is 12.6. The van der Waals surface area contributed by atoms with Gasteiger partial charge in [0.05, 0.1) is 13.2 Å². The van der Waals surface area contributed by atoms with Crippen LogP contribution in [-0.2, 0) is 9.47 Å². The van der Waals surface area contributed by atoms with Crippen molar-refractivity contribution in [2.24, 2.45) is 5.92 Å². The Balaban J connectivity index is 3.70. The Hall–Kier alpha value is -0.160. The van der Waals surface area contributed by atoms with Crippen LogP contribution < -0.4 is 5.32 Å². The van der Waals surface area contributed by atoms with Gasteiger partial charge >= 0.3 is 0 Å². The molecule has 0 spiro atoms. The van der Waals surface area contributed by atoms with E-state index in [1.807, 2.05) is 0 Å². The van der Waals surface area contributed by atoms with E-state index in [0.29, 0.717) is 6.04 Å². The number of nitrogens with one attached hydrogen (secondary N) is 1. The summed E-state index contributed by atoms with van der Waals surface area (Å²) in [5.41, 5.74) is 0. The summed E-state index contributed by atoms with van der Waals surface area (Å²) in [4.78, 5) is 2.38. The predicted octanol–water partition coefficient (Wildman–Crippen LogP) is 2.00. The minimum Gasteiger partial charge on any atom is -0.383 e. The lowest BCUT2D eigenvalue weighted by molar-refractivity contribution is 0.114. The zero-order chi connectivity index (χ0) is 14.5. The molecule has 0 aliphatic rings. The van der Waals surface area contributed by atoms with Crippen molar-refractivity contribution in [2.75, 3.05) is 53.6 Å². The highest BCUT2D eigenvalue weighted by Crippen LogP contribution is 2.06. The average Bonchev–Trinajstić information content (AvgIpc) is 2.38. The molecule has 0 aliphatic carbocycles. The van der Waals surface area contributed by atoms with Crippen LogP contribution in [0.15, 0.2) is 0 Å². The normalized spacial score (nSPS) is 13.4. The zero-order valence-corrected chi connectivity index (χ0v) is 13.6. The fourth-order valence-electron chi connectivity index (χ4n) is 1.93. The molecule has 4 heteroatoms. The van der Waals surface area contributed by atoms with Crippen molar-refractivity contribution < 1.29 is 9.47 Å². The Morgan fingerprint density at radius 1 is 0.895 bits per heavy atom. The summed E-state index contributed by atoms with van der Waals surface area (Å²) < 4.78 is 10.3. The molecule has 0 aliphatic heterocycles. The van der Waals surface area contributed by atoms with Crippen LogP contribution in [0.25, 0.3) is 0 Å². The van der Waals surface area contributed by atoms with E-state index < -0.39 is 0 Å². The second-order valence-electron chi connectivity index (χ2n) is 5.65. The minimum absolute atomic E-state index is 0.606. The molecule has 0 bridgehead atoms.